The predicted octanol–water partition coefficient (Wildman–Crippen LogP) is 7.47. The molecule has 0 saturated carbocycles. The number of benzene rings is 4. The third kappa shape index (κ3) is 5.58. The summed E-state index contributed by atoms with van der Waals surface area (Å²) in [5.41, 5.74) is 0.527. The number of carbonyl (C=O) groups is 1. The van der Waals surface area contributed by atoms with Crippen LogP contribution in [-0.2, 0) is 10.1 Å². The number of anilines is 1. The first kappa shape index (κ1) is 27.3. The maximum absolute atomic E-state index is 13.3. The number of rotatable bonds is 7. The van der Waals surface area contributed by atoms with Crippen molar-refractivity contribution in [1.82, 2.24) is 0 Å². The number of para-hydroxylation sites is 1. The predicted molar refractivity (Wildman–Crippen MR) is 146 cm³/mol. The van der Waals surface area contributed by atoms with Crippen LogP contribution < -0.4 is 10.1 Å². The molecule has 4 aromatic rings. The zero-order valence-corrected chi connectivity index (χ0v) is 22.4. The van der Waals surface area contributed by atoms with Gasteiger partial charge in [0.25, 0.3) is 16.0 Å². The Labute approximate surface area is 228 Å². The number of hydrogen-bond donors (Lipinski definition) is 3. The van der Waals surface area contributed by atoms with E-state index in [0.717, 1.165) is 12.1 Å². The zero-order valence-electron chi connectivity index (χ0n) is 20.1. The molecule has 1 amide bonds. The molecule has 0 heterocycles. The summed E-state index contributed by atoms with van der Waals surface area (Å²) in [5.74, 6) is -0.782. The quantitative estimate of drug-likeness (QED) is 0.155. The Kier molecular flexibility index (Phi) is 7.89. The van der Waals surface area contributed by atoms with Crippen LogP contribution in [-0.4, -0.2) is 30.6 Å². The second-order valence-corrected chi connectivity index (χ2v) is 10.3. The Morgan fingerprint density at radius 3 is 2.47 bits per heavy atom. The summed E-state index contributed by atoms with van der Waals surface area (Å²) in [6.45, 7) is 3.72. The highest BCUT2D eigenvalue weighted by atomic mass is 35.5. The summed E-state index contributed by atoms with van der Waals surface area (Å²) in [7, 11) is -4.56. The summed E-state index contributed by atoms with van der Waals surface area (Å²) in [6.07, 6.45) is 0. The molecule has 3 N–H and O–H groups in total. The summed E-state index contributed by atoms with van der Waals surface area (Å²) < 4.78 is 38.2. The number of nitrogens with one attached hydrogen (secondary N) is 1. The smallest absolute Gasteiger partial charge is 0.294 e. The Bertz CT molecular complexity index is 1710. The number of phenolic OH excluding ortho intramolecular Hbond substituents is 1. The molecule has 0 saturated heterocycles. The number of phenols is 1. The van der Waals surface area contributed by atoms with Gasteiger partial charge in [-0.1, -0.05) is 53.5 Å². The largest absolute Gasteiger partial charge is 0.505 e. The molecule has 0 bridgehead atoms. The first-order chi connectivity index (χ1) is 18.0. The van der Waals surface area contributed by atoms with E-state index in [1.54, 1.807) is 56.3 Å². The highest BCUT2D eigenvalue weighted by molar-refractivity contribution is 7.85. The van der Waals surface area contributed by atoms with Gasteiger partial charge >= 0.3 is 0 Å². The fourth-order valence-corrected chi connectivity index (χ4v) is 4.69. The van der Waals surface area contributed by atoms with Gasteiger partial charge < -0.3 is 15.2 Å². The second kappa shape index (κ2) is 11.0. The van der Waals surface area contributed by atoms with Crippen LogP contribution in [0.1, 0.15) is 22.8 Å². The van der Waals surface area contributed by atoms with Gasteiger partial charge in [-0.15, -0.1) is 5.11 Å². The average Bonchev–Trinajstić information content (AvgIpc) is 2.86. The third-order valence-electron chi connectivity index (χ3n) is 5.60. The number of nitrogens with zero attached hydrogens (tertiary/aromatic N) is 2. The van der Waals surface area contributed by atoms with Crippen LogP contribution in [0.3, 0.4) is 0 Å². The molecule has 4 aromatic carbocycles. The lowest BCUT2D eigenvalue weighted by molar-refractivity contribution is 0.102. The van der Waals surface area contributed by atoms with E-state index in [1.165, 1.54) is 6.07 Å². The number of carbonyl (C=O) groups excluding carboxylic acids is 1. The molecule has 0 aliphatic rings. The normalized spacial score (nSPS) is 11.7. The number of hydrogen-bond acceptors (Lipinski definition) is 7. The molecular formula is C26H21Cl2N3O6S. The van der Waals surface area contributed by atoms with Crippen LogP contribution in [0.4, 0.5) is 17.1 Å². The number of fused-ring (bicyclic) bond motifs is 1. The molecule has 196 valence electrons. The molecule has 0 aromatic heterocycles. The fourth-order valence-electron chi connectivity index (χ4n) is 3.67. The lowest BCUT2D eigenvalue weighted by Gasteiger charge is -2.15. The summed E-state index contributed by atoms with van der Waals surface area (Å²) in [6, 6.07) is 15.5. The molecule has 9 nitrogen and oxygen atoms in total. The number of azo groups is 1. The van der Waals surface area contributed by atoms with Crippen LogP contribution in [0.15, 0.2) is 75.8 Å². The molecule has 0 aliphatic carbocycles. The van der Waals surface area contributed by atoms with E-state index in [2.05, 4.69) is 15.5 Å². The molecule has 38 heavy (non-hydrogen) atoms. The van der Waals surface area contributed by atoms with Crippen molar-refractivity contribution in [3.05, 3.63) is 81.8 Å². The van der Waals surface area contributed by atoms with Crippen LogP contribution in [0, 0.1) is 6.92 Å². The molecule has 0 fully saturated rings. The van der Waals surface area contributed by atoms with E-state index in [-0.39, 0.29) is 32.7 Å². The van der Waals surface area contributed by atoms with Crippen LogP contribution in [0.25, 0.3) is 10.8 Å². The van der Waals surface area contributed by atoms with E-state index in [9.17, 15) is 22.9 Å². The number of amides is 1. The Balaban J connectivity index is 1.83. The molecule has 0 spiro atoms. The average molecular weight is 574 g/mol. The van der Waals surface area contributed by atoms with Crippen molar-refractivity contribution in [3.8, 4) is 11.5 Å². The van der Waals surface area contributed by atoms with Crippen molar-refractivity contribution < 1.29 is 27.6 Å². The lowest BCUT2D eigenvalue weighted by Crippen LogP contribution is -2.14. The van der Waals surface area contributed by atoms with Crippen molar-refractivity contribution in [3.63, 3.8) is 0 Å². The molecule has 4 rings (SSSR count). The van der Waals surface area contributed by atoms with Gasteiger partial charge in [-0.3, -0.25) is 9.35 Å². The zero-order chi connectivity index (χ0) is 27.6. The third-order valence-corrected chi connectivity index (χ3v) is 7.14. The number of aromatic hydroxyl groups is 1. The number of halogens is 2. The van der Waals surface area contributed by atoms with E-state index in [1.807, 2.05) is 0 Å². The minimum Gasteiger partial charge on any atom is -0.505 e. The lowest BCUT2D eigenvalue weighted by atomic mass is 10.0. The van der Waals surface area contributed by atoms with Gasteiger partial charge in [0.05, 0.1) is 27.8 Å². The maximum Gasteiger partial charge on any atom is 0.294 e. The van der Waals surface area contributed by atoms with Crippen molar-refractivity contribution in [2.24, 2.45) is 10.2 Å². The SMILES string of the molecule is CCOc1cccc(Cl)c1NC(=O)c1cc2ccccc2c(N=Nc2cc(S(=O)(=O)O)cc(Cl)c2C)c1O. The van der Waals surface area contributed by atoms with Crippen LogP contribution in [0.5, 0.6) is 11.5 Å². The molecule has 0 aliphatic heterocycles. The highest BCUT2D eigenvalue weighted by Gasteiger charge is 2.21. The minimum absolute atomic E-state index is 0.0368. The van der Waals surface area contributed by atoms with E-state index < -0.39 is 26.7 Å². The highest BCUT2D eigenvalue weighted by Crippen LogP contribution is 2.41. The van der Waals surface area contributed by atoms with Crippen LogP contribution >= 0.6 is 23.2 Å². The van der Waals surface area contributed by atoms with Gasteiger partial charge in [0, 0.05) is 10.4 Å². The van der Waals surface area contributed by atoms with Crippen molar-refractivity contribution >= 4 is 67.1 Å². The van der Waals surface area contributed by atoms with E-state index in [0.29, 0.717) is 28.7 Å². The first-order valence-corrected chi connectivity index (χ1v) is 13.4. The van der Waals surface area contributed by atoms with Gasteiger partial charge in [0.15, 0.2) is 5.75 Å². The van der Waals surface area contributed by atoms with Gasteiger partial charge in [-0.05, 0) is 55.1 Å². The maximum atomic E-state index is 13.3. The molecule has 0 radical (unpaired) electrons. The standard InChI is InChI=1S/C26H21Cl2N3O6S/c1-3-37-22-10-6-9-19(27)24(22)29-26(33)18-11-15-7-4-5-8-17(15)23(25(18)32)31-30-21-13-16(38(34,35)36)12-20(28)14(21)2/h4-13,32H,3H2,1-2H3,(H,29,33)(H,34,35,36). The number of ether oxygens (including phenoxy) is 1. The Hall–Kier alpha value is -3.70. The van der Waals surface area contributed by atoms with Crippen molar-refractivity contribution in [1.29, 1.82) is 0 Å². The van der Waals surface area contributed by atoms with Gasteiger partial charge in [-0.2, -0.15) is 13.5 Å². The molecule has 12 heteroatoms. The summed E-state index contributed by atoms with van der Waals surface area (Å²) in [5, 5.41) is 23.4. The van der Waals surface area contributed by atoms with E-state index >= 15 is 0 Å². The topological polar surface area (TPSA) is 138 Å². The second-order valence-electron chi connectivity index (χ2n) is 8.07. The van der Waals surface area contributed by atoms with Gasteiger partial charge in [0.2, 0.25) is 0 Å². The summed E-state index contributed by atoms with van der Waals surface area (Å²) >= 11 is 12.4. The van der Waals surface area contributed by atoms with Gasteiger partial charge in [0.1, 0.15) is 17.1 Å². The van der Waals surface area contributed by atoms with E-state index in [4.69, 9.17) is 27.9 Å². The Morgan fingerprint density at radius 2 is 1.76 bits per heavy atom. The summed E-state index contributed by atoms with van der Waals surface area (Å²) in [4.78, 5) is 12.8. The van der Waals surface area contributed by atoms with Crippen molar-refractivity contribution in [2.75, 3.05) is 11.9 Å². The van der Waals surface area contributed by atoms with Gasteiger partial charge in [-0.25, -0.2) is 0 Å². The molecule has 0 atom stereocenters. The monoisotopic (exact) mass is 573 g/mol. The molecule has 0 unspecified atom stereocenters. The Morgan fingerprint density at radius 1 is 1.03 bits per heavy atom. The first-order valence-electron chi connectivity index (χ1n) is 11.2. The fraction of sp³-hybridized carbons (Fsp3) is 0.115. The molecular weight excluding hydrogens is 553 g/mol. The minimum atomic E-state index is -4.56. The van der Waals surface area contributed by atoms with Crippen molar-refractivity contribution in [2.45, 2.75) is 18.7 Å². The van der Waals surface area contributed by atoms with Crippen LogP contribution in [0.2, 0.25) is 10.0 Å².